The van der Waals surface area contributed by atoms with Crippen molar-refractivity contribution in [3.63, 3.8) is 0 Å². The van der Waals surface area contributed by atoms with E-state index in [2.05, 4.69) is 32.6 Å². The van der Waals surface area contributed by atoms with Crippen molar-refractivity contribution in [1.82, 2.24) is 15.2 Å². The van der Waals surface area contributed by atoms with Crippen molar-refractivity contribution in [3.05, 3.63) is 24.5 Å². The Morgan fingerprint density at radius 3 is 2.52 bits per heavy atom. The molecule has 0 spiro atoms. The lowest BCUT2D eigenvalue weighted by molar-refractivity contribution is 0.0277. The van der Waals surface area contributed by atoms with Crippen LogP contribution in [0.25, 0.3) is 0 Å². The van der Waals surface area contributed by atoms with Gasteiger partial charge in [0.05, 0.1) is 6.10 Å². The molecule has 1 heterocycles. The summed E-state index contributed by atoms with van der Waals surface area (Å²) in [5, 5.41) is 6.66. The summed E-state index contributed by atoms with van der Waals surface area (Å²) in [4.78, 5) is 4.24. The minimum atomic E-state index is 0. The molecule has 1 aromatic heterocycles. The first-order valence-corrected chi connectivity index (χ1v) is 8.55. The van der Waals surface area contributed by atoms with Crippen LogP contribution in [0.4, 0.5) is 0 Å². The molecule has 0 atom stereocenters. The van der Waals surface area contributed by atoms with Crippen molar-refractivity contribution in [2.45, 2.75) is 51.2 Å². The third kappa shape index (κ3) is 8.60. The summed E-state index contributed by atoms with van der Waals surface area (Å²) >= 11 is 0. The number of hydrogen-bond acceptors (Lipinski definition) is 2. The SMILES string of the molecule is CN=C(NCCCOC1CCCCC1)NCCn1cccc1.I. The highest BCUT2D eigenvalue weighted by Gasteiger charge is 2.12. The molecule has 5 nitrogen and oxygen atoms in total. The highest BCUT2D eigenvalue weighted by Crippen LogP contribution is 2.20. The first-order valence-electron chi connectivity index (χ1n) is 8.55. The molecule has 6 heteroatoms. The first-order chi connectivity index (χ1) is 10.9. The van der Waals surface area contributed by atoms with E-state index < -0.39 is 0 Å². The van der Waals surface area contributed by atoms with Crippen molar-refractivity contribution in [2.75, 3.05) is 26.7 Å². The average molecular weight is 434 g/mol. The zero-order valence-electron chi connectivity index (χ0n) is 14.2. The molecule has 0 aromatic carbocycles. The van der Waals surface area contributed by atoms with Gasteiger partial charge in [0.25, 0.3) is 0 Å². The summed E-state index contributed by atoms with van der Waals surface area (Å²) in [6.45, 7) is 3.55. The Balaban J connectivity index is 0.00000264. The fraction of sp³-hybridized carbons (Fsp3) is 0.706. The maximum absolute atomic E-state index is 5.92. The minimum absolute atomic E-state index is 0. The van der Waals surface area contributed by atoms with E-state index in [0.29, 0.717) is 6.10 Å². The second-order valence-electron chi connectivity index (χ2n) is 5.83. The number of ether oxygens (including phenoxy) is 1. The fourth-order valence-corrected chi connectivity index (χ4v) is 2.80. The van der Waals surface area contributed by atoms with Crippen molar-refractivity contribution in [3.8, 4) is 0 Å². The molecular weight excluding hydrogens is 403 g/mol. The van der Waals surface area contributed by atoms with Crippen LogP contribution in [0.3, 0.4) is 0 Å². The van der Waals surface area contributed by atoms with Crippen molar-refractivity contribution >= 4 is 29.9 Å². The summed E-state index contributed by atoms with van der Waals surface area (Å²) in [7, 11) is 1.81. The van der Waals surface area contributed by atoms with E-state index in [0.717, 1.165) is 38.6 Å². The minimum Gasteiger partial charge on any atom is -0.378 e. The third-order valence-corrected chi connectivity index (χ3v) is 4.07. The van der Waals surface area contributed by atoms with Crippen molar-refractivity contribution < 1.29 is 4.74 Å². The average Bonchev–Trinajstić information content (AvgIpc) is 3.07. The van der Waals surface area contributed by atoms with Gasteiger partial charge >= 0.3 is 0 Å². The molecule has 1 fully saturated rings. The fourth-order valence-electron chi connectivity index (χ4n) is 2.80. The normalized spacial score (nSPS) is 16.0. The molecule has 0 radical (unpaired) electrons. The van der Waals surface area contributed by atoms with E-state index in [1.807, 2.05) is 19.2 Å². The number of hydrogen-bond donors (Lipinski definition) is 2. The van der Waals surface area contributed by atoms with Gasteiger partial charge in [0, 0.05) is 45.7 Å². The van der Waals surface area contributed by atoms with Crippen LogP contribution in [0.15, 0.2) is 29.5 Å². The molecule has 0 bridgehead atoms. The molecule has 2 rings (SSSR count). The summed E-state index contributed by atoms with van der Waals surface area (Å²) < 4.78 is 8.08. The molecule has 0 unspecified atom stereocenters. The molecule has 1 aliphatic carbocycles. The van der Waals surface area contributed by atoms with E-state index in [-0.39, 0.29) is 24.0 Å². The van der Waals surface area contributed by atoms with Gasteiger partial charge in [-0.1, -0.05) is 19.3 Å². The van der Waals surface area contributed by atoms with Crippen LogP contribution < -0.4 is 10.6 Å². The highest BCUT2D eigenvalue weighted by molar-refractivity contribution is 14.0. The Kier molecular flexibility index (Phi) is 11.1. The lowest BCUT2D eigenvalue weighted by Gasteiger charge is -2.22. The van der Waals surface area contributed by atoms with Gasteiger partial charge in [0.15, 0.2) is 5.96 Å². The standard InChI is InChI=1S/C17H30N4O.HI/c1-18-17(20-11-14-21-12-5-6-13-21)19-10-7-15-22-16-8-3-2-4-9-16;/h5-6,12-13,16H,2-4,7-11,14-15H2,1H3,(H2,18,19,20);1H. The predicted octanol–water partition coefficient (Wildman–Crippen LogP) is 3.01. The van der Waals surface area contributed by atoms with E-state index in [1.54, 1.807) is 0 Å². The number of aliphatic imine (C=N–C) groups is 1. The highest BCUT2D eigenvalue weighted by atomic mass is 127. The number of aromatic nitrogens is 1. The van der Waals surface area contributed by atoms with Crippen LogP contribution in [0.1, 0.15) is 38.5 Å². The Bertz CT molecular complexity index is 416. The molecule has 1 aliphatic rings. The van der Waals surface area contributed by atoms with Gasteiger partial charge in [0.1, 0.15) is 0 Å². The smallest absolute Gasteiger partial charge is 0.191 e. The zero-order chi connectivity index (χ0) is 15.5. The van der Waals surface area contributed by atoms with Gasteiger partial charge < -0.3 is 19.9 Å². The second kappa shape index (κ2) is 12.6. The first kappa shape index (κ1) is 20.3. The largest absolute Gasteiger partial charge is 0.378 e. The van der Waals surface area contributed by atoms with Gasteiger partial charge in [-0.3, -0.25) is 4.99 Å². The van der Waals surface area contributed by atoms with Gasteiger partial charge in [-0.2, -0.15) is 0 Å². The molecular formula is C17H31IN4O. The number of guanidine groups is 1. The van der Waals surface area contributed by atoms with Crippen LogP contribution in [0, 0.1) is 0 Å². The quantitative estimate of drug-likeness (QED) is 0.286. The van der Waals surface area contributed by atoms with Gasteiger partial charge in [-0.15, -0.1) is 24.0 Å². The van der Waals surface area contributed by atoms with Crippen LogP contribution in [0.5, 0.6) is 0 Å². The maximum Gasteiger partial charge on any atom is 0.191 e. The lowest BCUT2D eigenvalue weighted by Crippen LogP contribution is -2.39. The molecule has 0 amide bonds. The Morgan fingerprint density at radius 1 is 1.13 bits per heavy atom. The van der Waals surface area contributed by atoms with Gasteiger partial charge in [-0.25, -0.2) is 0 Å². The molecule has 132 valence electrons. The van der Waals surface area contributed by atoms with Crippen molar-refractivity contribution in [2.24, 2.45) is 4.99 Å². The lowest BCUT2D eigenvalue weighted by atomic mass is 9.98. The van der Waals surface area contributed by atoms with Crippen molar-refractivity contribution in [1.29, 1.82) is 0 Å². The van der Waals surface area contributed by atoms with Crippen LogP contribution >= 0.6 is 24.0 Å². The van der Waals surface area contributed by atoms with E-state index >= 15 is 0 Å². The monoisotopic (exact) mass is 434 g/mol. The number of rotatable bonds is 8. The third-order valence-electron chi connectivity index (χ3n) is 4.07. The van der Waals surface area contributed by atoms with E-state index in [4.69, 9.17) is 4.74 Å². The topological polar surface area (TPSA) is 50.6 Å². The number of nitrogens with zero attached hydrogens (tertiary/aromatic N) is 2. The second-order valence-corrected chi connectivity index (χ2v) is 5.83. The summed E-state index contributed by atoms with van der Waals surface area (Å²) in [5.41, 5.74) is 0. The Morgan fingerprint density at radius 2 is 1.83 bits per heavy atom. The Labute approximate surface area is 157 Å². The summed E-state index contributed by atoms with van der Waals surface area (Å²) in [6.07, 6.45) is 12.2. The van der Waals surface area contributed by atoms with Crippen LogP contribution in [0.2, 0.25) is 0 Å². The summed E-state index contributed by atoms with van der Waals surface area (Å²) in [5.74, 6) is 0.866. The molecule has 1 saturated carbocycles. The molecule has 1 aromatic rings. The number of halogens is 1. The van der Waals surface area contributed by atoms with Gasteiger partial charge in [0.2, 0.25) is 0 Å². The molecule has 0 aliphatic heterocycles. The number of nitrogens with one attached hydrogen (secondary N) is 2. The van der Waals surface area contributed by atoms with Crippen LogP contribution in [-0.4, -0.2) is 43.4 Å². The molecule has 23 heavy (non-hydrogen) atoms. The van der Waals surface area contributed by atoms with E-state index in [1.165, 1.54) is 32.1 Å². The zero-order valence-corrected chi connectivity index (χ0v) is 16.5. The van der Waals surface area contributed by atoms with E-state index in [9.17, 15) is 0 Å². The Hall–Kier alpha value is -0.760. The summed E-state index contributed by atoms with van der Waals surface area (Å²) in [6, 6.07) is 4.08. The van der Waals surface area contributed by atoms with Crippen LogP contribution in [-0.2, 0) is 11.3 Å². The maximum atomic E-state index is 5.92. The van der Waals surface area contributed by atoms with Gasteiger partial charge in [-0.05, 0) is 31.4 Å². The predicted molar refractivity (Wildman–Crippen MR) is 107 cm³/mol. The molecule has 2 N–H and O–H groups in total. The molecule has 0 saturated heterocycles.